The van der Waals surface area contributed by atoms with Gasteiger partial charge in [0.05, 0.1) is 0 Å². The molecule has 0 aliphatic heterocycles. The minimum absolute atomic E-state index is 0.105. The van der Waals surface area contributed by atoms with Crippen LogP contribution in [-0.4, -0.2) is 12.2 Å². The molecule has 0 heterocycles. The molecule has 1 unspecified atom stereocenters. The molecule has 1 atom stereocenters. The Hall–Kier alpha value is 0.250. The molecule has 1 nitrogen and oxygen atoms in total. The van der Waals surface area contributed by atoms with E-state index in [1.807, 2.05) is 0 Å². The SMILES string of the molecule is CCCCCCOC(Cl)C(C)C. The molecular formula is C10H21ClO. The Morgan fingerprint density at radius 1 is 1.17 bits per heavy atom. The summed E-state index contributed by atoms with van der Waals surface area (Å²) in [6.07, 6.45) is 4.98. The standard InChI is InChI=1S/C10H21ClO/c1-4-5-6-7-8-12-10(11)9(2)3/h9-10H,4-8H2,1-3H3. The van der Waals surface area contributed by atoms with Gasteiger partial charge in [-0.2, -0.15) is 0 Å². The fourth-order valence-corrected chi connectivity index (χ4v) is 1.01. The first-order chi connectivity index (χ1) is 5.68. The predicted molar refractivity (Wildman–Crippen MR) is 54.6 cm³/mol. The molecule has 0 aromatic carbocycles. The van der Waals surface area contributed by atoms with Crippen molar-refractivity contribution < 1.29 is 4.74 Å². The maximum atomic E-state index is 5.91. The third-order valence-corrected chi connectivity index (χ3v) is 2.43. The second kappa shape index (κ2) is 7.88. The van der Waals surface area contributed by atoms with E-state index in [1.54, 1.807) is 0 Å². The third-order valence-electron chi connectivity index (χ3n) is 1.80. The van der Waals surface area contributed by atoms with Crippen molar-refractivity contribution in [3.05, 3.63) is 0 Å². The van der Waals surface area contributed by atoms with Gasteiger partial charge in [-0.05, 0) is 12.3 Å². The second-order valence-corrected chi connectivity index (χ2v) is 3.96. The van der Waals surface area contributed by atoms with Gasteiger partial charge in [-0.1, -0.05) is 51.6 Å². The van der Waals surface area contributed by atoms with Crippen molar-refractivity contribution in [3.63, 3.8) is 0 Å². The van der Waals surface area contributed by atoms with Gasteiger partial charge in [-0.3, -0.25) is 0 Å². The van der Waals surface area contributed by atoms with E-state index in [9.17, 15) is 0 Å². The van der Waals surface area contributed by atoms with Crippen LogP contribution in [0.25, 0.3) is 0 Å². The second-order valence-electron chi connectivity index (χ2n) is 3.53. The van der Waals surface area contributed by atoms with Gasteiger partial charge in [0.25, 0.3) is 0 Å². The van der Waals surface area contributed by atoms with Crippen LogP contribution in [0.5, 0.6) is 0 Å². The molecule has 12 heavy (non-hydrogen) atoms. The van der Waals surface area contributed by atoms with Crippen molar-refractivity contribution in [1.29, 1.82) is 0 Å². The maximum Gasteiger partial charge on any atom is 0.133 e. The molecular weight excluding hydrogens is 172 g/mol. The molecule has 0 bridgehead atoms. The summed E-state index contributed by atoms with van der Waals surface area (Å²) in [5.41, 5.74) is -0.105. The smallest absolute Gasteiger partial charge is 0.133 e. The Morgan fingerprint density at radius 3 is 2.33 bits per heavy atom. The highest BCUT2D eigenvalue weighted by Gasteiger charge is 2.08. The van der Waals surface area contributed by atoms with E-state index in [0.717, 1.165) is 13.0 Å². The molecule has 2 heteroatoms. The summed E-state index contributed by atoms with van der Waals surface area (Å²) >= 11 is 5.91. The molecule has 0 spiro atoms. The summed E-state index contributed by atoms with van der Waals surface area (Å²) in [7, 11) is 0. The Labute approximate surface area is 81.4 Å². The lowest BCUT2D eigenvalue weighted by atomic mass is 10.2. The van der Waals surface area contributed by atoms with E-state index >= 15 is 0 Å². The first kappa shape index (κ1) is 12.2. The number of unbranched alkanes of at least 4 members (excludes halogenated alkanes) is 3. The summed E-state index contributed by atoms with van der Waals surface area (Å²) in [6.45, 7) is 7.17. The number of hydrogen-bond donors (Lipinski definition) is 0. The lowest BCUT2D eigenvalue weighted by Crippen LogP contribution is -2.13. The van der Waals surface area contributed by atoms with Gasteiger partial charge in [-0.25, -0.2) is 0 Å². The zero-order chi connectivity index (χ0) is 9.40. The van der Waals surface area contributed by atoms with E-state index < -0.39 is 0 Å². The van der Waals surface area contributed by atoms with Crippen molar-refractivity contribution in [2.24, 2.45) is 5.92 Å². The van der Waals surface area contributed by atoms with Crippen LogP contribution in [-0.2, 0) is 4.74 Å². The van der Waals surface area contributed by atoms with Crippen molar-refractivity contribution >= 4 is 11.6 Å². The van der Waals surface area contributed by atoms with Crippen molar-refractivity contribution in [3.8, 4) is 0 Å². The van der Waals surface area contributed by atoms with Gasteiger partial charge in [0.1, 0.15) is 5.56 Å². The number of rotatable bonds is 7. The molecule has 0 radical (unpaired) electrons. The molecule has 0 amide bonds. The molecule has 0 fully saturated rings. The topological polar surface area (TPSA) is 9.23 Å². The van der Waals surface area contributed by atoms with Crippen LogP contribution in [0.15, 0.2) is 0 Å². The maximum absolute atomic E-state index is 5.91. The quantitative estimate of drug-likeness (QED) is 0.441. The van der Waals surface area contributed by atoms with E-state index in [4.69, 9.17) is 16.3 Å². The largest absolute Gasteiger partial charge is 0.362 e. The Kier molecular flexibility index (Phi) is 8.04. The van der Waals surface area contributed by atoms with Crippen molar-refractivity contribution in [2.75, 3.05) is 6.61 Å². The van der Waals surface area contributed by atoms with Crippen LogP contribution in [0.1, 0.15) is 46.5 Å². The highest BCUT2D eigenvalue weighted by atomic mass is 35.5. The van der Waals surface area contributed by atoms with Crippen LogP contribution in [0.3, 0.4) is 0 Å². The summed E-state index contributed by atoms with van der Waals surface area (Å²) in [6, 6.07) is 0. The molecule has 0 saturated heterocycles. The first-order valence-electron chi connectivity index (χ1n) is 4.94. The minimum atomic E-state index is -0.105. The Bertz CT molecular complexity index is 93.8. The number of hydrogen-bond acceptors (Lipinski definition) is 1. The lowest BCUT2D eigenvalue weighted by molar-refractivity contribution is 0.0754. The van der Waals surface area contributed by atoms with Crippen LogP contribution < -0.4 is 0 Å². The average Bonchev–Trinajstić information content (AvgIpc) is 2.03. The summed E-state index contributed by atoms with van der Waals surface area (Å²) in [5, 5.41) is 0. The number of ether oxygens (including phenoxy) is 1. The van der Waals surface area contributed by atoms with E-state index in [1.165, 1.54) is 19.3 Å². The molecule has 0 saturated carbocycles. The first-order valence-corrected chi connectivity index (χ1v) is 5.37. The fourth-order valence-electron chi connectivity index (χ4n) is 0.917. The monoisotopic (exact) mass is 192 g/mol. The van der Waals surface area contributed by atoms with Crippen LogP contribution in [0.2, 0.25) is 0 Å². The summed E-state index contributed by atoms with van der Waals surface area (Å²) in [5.74, 6) is 0.415. The van der Waals surface area contributed by atoms with E-state index in [-0.39, 0.29) is 5.56 Å². The molecule has 74 valence electrons. The van der Waals surface area contributed by atoms with Crippen LogP contribution >= 0.6 is 11.6 Å². The molecule has 0 aliphatic rings. The minimum Gasteiger partial charge on any atom is -0.362 e. The molecule has 0 rings (SSSR count). The fraction of sp³-hybridized carbons (Fsp3) is 1.00. The predicted octanol–water partition coefficient (Wildman–Crippen LogP) is 3.80. The lowest BCUT2D eigenvalue weighted by Gasteiger charge is -2.13. The van der Waals surface area contributed by atoms with Gasteiger partial charge >= 0.3 is 0 Å². The van der Waals surface area contributed by atoms with E-state index in [0.29, 0.717) is 5.92 Å². The molecule has 0 aromatic rings. The highest BCUT2D eigenvalue weighted by molar-refractivity contribution is 6.19. The molecule has 0 N–H and O–H groups in total. The molecule has 0 aromatic heterocycles. The van der Waals surface area contributed by atoms with Crippen LogP contribution in [0.4, 0.5) is 0 Å². The molecule has 0 aliphatic carbocycles. The Balaban J connectivity index is 3.08. The summed E-state index contributed by atoms with van der Waals surface area (Å²) in [4.78, 5) is 0. The van der Waals surface area contributed by atoms with Crippen molar-refractivity contribution in [1.82, 2.24) is 0 Å². The van der Waals surface area contributed by atoms with Crippen LogP contribution in [0, 0.1) is 5.92 Å². The average molecular weight is 193 g/mol. The third kappa shape index (κ3) is 6.93. The zero-order valence-corrected chi connectivity index (χ0v) is 9.23. The van der Waals surface area contributed by atoms with E-state index in [2.05, 4.69) is 20.8 Å². The normalized spacial score (nSPS) is 13.8. The van der Waals surface area contributed by atoms with Gasteiger partial charge in [0, 0.05) is 6.61 Å². The van der Waals surface area contributed by atoms with Gasteiger partial charge < -0.3 is 4.74 Å². The number of alkyl halides is 1. The van der Waals surface area contributed by atoms with Gasteiger partial charge in [0.2, 0.25) is 0 Å². The van der Waals surface area contributed by atoms with Gasteiger partial charge in [0.15, 0.2) is 0 Å². The Morgan fingerprint density at radius 2 is 1.83 bits per heavy atom. The highest BCUT2D eigenvalue weighted by Crippen LogP contribution is 2.11. The van der Waals surface area contributed by atoms with Gasteiger partial charge in [-0.15, -0.1) is 0 Å². The van der Waals surface area contributed by atoms with Crippen molar-refractivity contribution in [2.45, 2.75) is 52.0 Å². The summed E-state index contributed by atoms with van der Waals surface area (Å²) < 4.78 is 5.42. The number of halogens is 1. The zero-order valence-electron chi connectivity index (χ0n) is 8.48.